The Morgan fingerprint density at radius 1 is 1.10 bits per heavy atom. The van der Waals surface area contributed by atoms with Crippen molar-refractivity contribution in [3.63, 3.8) is 0 Å². The van der Waals surface area contributed by atoms with Gasteiger partial charge in [-0.3, -0.25) is 4.79 Å². The van der Waals surface area contributed by atoms with Crippen molar-refractivity contribution in [2.75, 3.05) is 13.3 Å². The number of likely N-dealkylation sites (tertiary alicyclic amines) is 1. The fraction of sp³-hybridized carbons (Fsp3) is 0.381. The SMILES string of the molecule is O=C1CC[C@@H](CCNCc2cc3c(cc2Cl)OCO3)N1Cc1cc(F)cc(F)c1. The Labute approximate surface area is 172 Å². The maximum Gasteiger partial charge on any atom is 0.231 e. The Kier molecular flexibility index (Phi) is 5.87. The number of fused-ring (bicyclic) bond motifs is 1. The van der Waals surface area contributed by atoms with Crippen LogP contribution in [0, 0.1) is 11.6 Å². The van der Waals surface area contributed by atoms with Gasteiger partial charge in [0.05, 0.1) is 0 Å². The van der Waals surface area contributed by atoms with E-state index in [1.54, 1.807) is 11.0 Å². The number of benzene rings is 2. The number of hydrogen-bond donors (Lipinski definition) is 1. The van der Waals surface area contributed by atoms with Crippen molar-refractivity contribution in [1.29, 1.82) is 0 Å². The van der Waals surface area contributed by atoms with Crippen molar-refractivity contribution < 1.29 is 23.0 Å². The molecule has 1 atom stereocenters. The Morgan fingerprint density at radius 3 is 2.59 bits per heavy atom. The molecule has 0 aromatic heterocycles. The topological polar surface area (TPSA) is 50.8 Å². The number of nitrogens with zero attached hydrogens (tertiary/aromatic N) is 1. The van der Waals surface area contributed by atoms with Gasteiger partial charge in [-0.05, 0) is 48.7 Å². The van der Waals surface area contributed by atoms with Crippen molar-refractivity contribution in [3.8, 4) is 11.5 Å². The van der Waals surface area contributed by atoms with Crippen LogP contribution in [0.5, 0.6) is 11.5 Å². The van der Waals surface area contributed by atoms with E-state index in [0.717, 1.165) is 24.5 Å². The number of rotatable bonds is 7. The monoisotopic (exact) mass is 422 g/mol. The highest BCUT2D eigenvalue weighted by atomic mass is 35.5. The predicted molar refractivity (Wildman–Crippen MR) is 104 cm³/mol. The Morgan fingerprint density at radius 2 is 1.83 bits per heavy atom. The van der Waals surface area contributed by atoms with Crippen LogP contribution in [0.25, 0.3) is 0 Å². The number of nitrogens with one attached hydrogen (secondary N) is 1. The molecule has 5 nitrogen and oxygen atoms in total. The molecule has 154 valence electrons. The van der Waals surface area contributed by atoms with Gasteiger partial charge in [0, 0.05) is 42.7 Å². The molecule has 1 N–H and O–H groups in total. The molecule has 0 aliphatic carbocycles. The van der Waals surface area contributed by atoms with Gasteiger partial charge in [0.1, 0.15) is 11.6 Å². The molecule has 8 heteroatoms. The van der Waals surface area contributed by atoms with Gasteiger partial charge in [-0.25, -0.2) is 8.78 Å². The van der Waals surface area contributed by atoms with Crippen LogP contribution in [0.4, 0.5) is 8.78 Å². The summed E-state index contributed by atoms with van der Waals surface area (Å²) in [6, 6.07) is 7.02. The highest BCUT2D eigenvalue weighted by Crippen LogP contribution is 2.36. The second-order valence-corrected chi connectivity index (χ2v) is 7.66. The van der Waals surface area contributed by atoms with Gasteiger partial charge < -0.3 is 19.7 Å². The third-order valence-electron chi connectivity index (χ3n) is 5.24. The molecule has 4 rings (SSSR count). The molecule has 0 saturated carbocycles. The summed E-state index contributed by atoms with van der Waals surface area (Å²) in [6.45, 7) is 1.65. The summed E-state index contributed by atoms with van der Waals surface area (Å²) in [5.74, 6) is 0.0724. The Hall–Kier alpha value is -2.38. The standard InChI is InChI=1S/C21H21ClF2N2O3/c22-18-9-20-19(28-12-29-20)7-14(18)10-25-4-3-17-1-2-21(27)26(17)11-13-5-15(23)8-16(24)6-13/h5-9,17,25H,1-4,10-12H2/t17-/m0/s1. The second kappa shape index (κ2) is 8.55. The lowest BCUT2D eigenvalue weighted by molar-refractivity contribution is -0.129. The molecule has 0 radical (unpaired) electrons. The van der Waals surface area contributed by atoms with E-state index in [4.69, 9.17) is 21.1 Å². The van der Waals surface area contributed by atoms with Crippen LogP contribution in [0.3, 0.4) is 0 Å². The summed E-state index contributed by atoms with van der Waals surface area (Å²) < 4.78 is 37.6. The van der Waals surface area contributed by atoms with Crippen molar-refractivity contribution in [2.45, 2.75) is 38.4 Å². The van der Waals surface area contributed by atoms with E-state index in [1.807, 2.05) is 6.07 Å². The molecule has 0 spiro atoms. The summed E-state index contributed by atoms with van der Waals surface area (Å²) in [7, 11) is 0. The van der Waals surface area contributed by atoms with E-state index < -0.39 is 11.6 Å². The normalized spacial score (nSPS) is 18.0. The average Bonchev–Trinajstić information content (AvgIpc) is 3.25. The van der Waals surface area contributed by atoms with Crippen molar-refractivity contribution in [3.05, 3.63) is 58.1 Å². The van der Waals surface area contributed by atoms with Crippen LogP contribution < -0.4 is 14.8 Å². The molecular formula is C21H21ClF2N2O3. The van der Waals surface area contributed by atoms with Crippen LogP contribution in [0.1, 0.15) is 30.4 Å². The summed E-state index contributed by atoms with van der Waals surface area (Å²) in [6.07, 6.45) is 1.94. The zero-order valence-electron chi connectivity index (χ0n) is 15.7. The highest BCUT2D eigenvalue weighted by molar-refractivity contribution is 6.31. The number of carbonyl (C=O) groups is 1. The molecule has 29 heavy (non-hydrogen) atoms. The largest absolute Gasteiger partial charge is 0.454 e. The fourth-order valence-corrected chi connectivity index (χ4v) is 4.02. The smallest absolute Gasteiger partial charge is 0.231 e. The molecule has 2 aliphatic rings. The van der Waals surface area contributed by atoms with E-state index in [2.05, 4.69) is 5.32 Å². The third-order valence-corrected chi connectivity index (χ3v) is 5.59. The minimum absolute atomic E-state index is 0.0125. The molecule has 2 aromatic carbocycles. The van der Waals surface area contributed by atoms with E-state index >= 15 is 0 Å². The lowest BCUT2D eigenvalue weighted by Gasteiger charge is -2.25. The zero-order chi connectivity index (χ0) is 20.4. The lowest BCUT2D eigenvalue weighted by Crippen LogP contribution is -2.34. The number of carbonyl (C=O) groups excluding carboxylic acids is 1. The summed E-state index contributed by atoms with van der Waals surface area (Å²) >= 11 is 6.28. The molecular weight excluding hydrogens is 402 g/mol. The van der Waals surface area contributed by atoms with Crippen LogP contribution in [-0.4, -0.2) is 30.2 Å². The first-order valence-electron chi connectivity index (χ1n) is 9.53. The van der Waals surface area contributed by atoms with Gasteiger partial charge in [-0.1, -0.05) is 11.6 Å². The minimum atomic E-state index is -0.634. The molecule has 1 fully saturated rings. The minimum Gasteiger partial charge on any atom is -0.454 e. The molecule has 1 saturated heterocycles. The van der Waals surface area contributed by atoms with Crippen LogP contribution in [0.2, 0.25) is 5.02 Å². The predicted octanol–water partition coefficient (Wildman–Crippen LogP) is 4.02. The Bertz CT molecular complexity index is 905. The van der Waals surface area contributed by atoms with Gasteiger partial charge in [-0.2, -0.15) is 0 Å². The first-order chi connectivity index (χ1) is 14.0. The van der Waals surface area contributed by atoms with Crippen LogP contribution >= 0.6 is 11.6 Å². The first kappa shape index (κ1) is 19.9. The summed E-state index contributed by atoms with van der Waals surface area (Å²) in [5, 5.41) is 3.94. The fourth-order valence-electron chi connectivity index (χ4n) is 3.80. The summed E-state index contributed by atoms with van der Waals surface area (Å²) in [4.78, 5) is 14.0. The van der Waals surface area contributed by atoms with Crippen molar-refractivity contribution >= 4 is 17.5 Å². The quantitative estimate of drug-likeness (QED) is 0.685. The van der Waals surface area contributed by atoms with Crippen LogP contribution in [0.15, 0.2) is 30.3 Å². The molecule has 0 unspecified atom stereocenters. The number of amides is 1. The third kappa shape index (κ3) is 4.62. The van der Waals surface area contributed by atoms with Crippen LogP contribution in [-0.2, 0) is 17.9 Å². The number of ether oxygens (including phenoxy) is 2. The summed E-state index contributed by atoms with van der Waals surface area (Å²) in [5.41, 5.74) is 1.37. The molecule has 2 heterocycles. The maximum absolute atomic E-state index is 13.4. The first-order valence-corrected chi connectivity index (χ1v) is 9.90. The zero-order valence-corrected chi connectivity index (χ0v) is 16.5. The molecule has 0 bridgehead atoms. The van der Waals surface area contributed by atoms with Crippen molar-refractivity contribution in [1.82, 2.24) is 10.2 Å². The number of hydrogen-bond acceptors (Lipinski definition) is 4. The average molecular weight is 423 g/mol. The Balaban J connectivity index is 1.31. The van der Waals surface area contributed by atoms with Gasteiger partial charge in [0.25, 0.3) is 0 Å². The van der Waals surface area contributed by atoms with E-state index in [0.29, 0.717) is 41.6 Å². The van der Waals surface area contributed by atoms with E-state index in [-0.39, 0.29) is 25.3 Å². The molecule has 2 aliphatic heterocycles. The van der Waals surface area contributed by atoms with Crippen molar-refractivity contribution in [2.24, 2.45) is 0 Å². The van der Waals surface area contributed by atoms with Gasteiger partial charge in [0.15, 0.2) is 11.5 Å². The lowest BCUT2D eigenvalue weighted by atomic mass is 10.1. The maximum atomic E-state index is 13.4. The highest BCUT2D eigenvalue weighted by Gasteiger charge is 2.30. The number of halogens is 3. The molecule has 1 amide bonds. The second-order valence-electron chi connectivity index (χ2n) is 7.25. The van der Waals surface area contributed by atoms with Gasteiger partial charge in [0.2, 0.25) is 12.7 Å². The van der Waals surface area contributed by atoms with E-state index in [1.165, 1.54) is 12.1 Å². The molecule has 2 aromatic rings. The van der Waals surface area contributed by atoms with E-state index in [9.17, 15) is 13.6 Å². The van der Waals surface area contributed by atoms with Gasteiger partial charge in [-0.15, -0.1) is 0 Å². The van der Waals surface area contributed by atoms with Gasteiger partial charge >= 0.3 is 0 Å².